The van der Waals surface area contributed by atoms with Crippen molar-refractivity contribution in [2.75, 3.05) is 24.5 Å². The zero-order chi connectivity index (χ0) is 25.3. The highest BCUT2D eigenvalue weighted by Gasteiger charge is 2.40. The maximum Gasteiger partial charge on any atom is 0.433 e. The average Bonchev–Trinajstić information content (AvgIpc) is 2.71. The highest BCUT2D eigenvalue weighted by molar-refractivity contribution is 5.66. The van der Waals surface area contributed by atoms with E-state index >= 15 is 0 Å². The Hall–Kier alpha value is -3.15. The Balaban J connectivity index is 1.81. The third-order valence-electron chi connectivity index (χ3n) is 5.47. The molecule has 0 atom stereocenters. The number of aromatic nitrogens is 2. The molecular weight excluding hydrogens is 460 g/mol. The van der Waals surface area contributed by atoms with Gasteiger partial charge >= 0.3 is 12.3 Å². The molecule has 0 spiro atoms. The van der Waals surface area contributed by atoms with Crippen LogP contribution in [-0.2, 0) is 6.18 Å². The number of piperidine rings is 1. The molecule has 2 N–H and O–H groups in total. The predicted molar refractivity (Wildman–Crippen MR) is 114 cm³/mol. The number of ether oxygens (including phenoxy) is 1. The van der Waals surface area contributed by atoms with Crippen LogP contribution in [0.4, 0.5) is 28.3 Å². The first-order valence-corrected chi connectivity index (χ1v) is 10.5. The fourth-order valence-corrected chi connectivity index (χ4v) is 3.57. The molecule has 34 heavy (non-hydrogen) atoms. The van der Waals surface area contributed by atoms with E-state index in [1.807, 2.05) is 0 Å². The molecule has 186 valence electrons. The lowest BCUT2D eigenvalue weighted by molar-refractivity contribution is -0.141. The van der Waals surface area contributed by atoms with Gasteiger partial charge < -0.3 is 24.7 Å². The minimum Gasteiger partial charge on any atom is -0.465 e. The number of amides is 1. The molecule has 0 saturated carbocycles. The second-order valence-corrected chi connectivity index (χ2v) is 9.20. The highest BCUT2D eigenvalue weighted by atomic mass is 19.4. The first kappa shape index (κ1) is 25.5. The van der Waals surface area contributed by atoms with Crippen LogP contribution in [0.1, 0.15) is 39.3 Å². The van der Waals surface area contributed by atoms with Crippen LogP contribution in [-0.4, -0.2) is 61.9 Å². The summed E-state index contributed by atoms with van der Waals surface area (Å²) >= 11 is 0. The maximum absolute atomic E-state index is 13.4. The Bertz CT molecular complexity index is 1030. The number of hydrogen-bond acceptors (Lipinski definition) is 6. The summed E-state index contributed by atoms with van der Waals surface area (Å²) in [7, 11) is 0. The monoisotopic (exact) mass is 486 g/mol. The smallest absolute Gasteiger partial charge is 0.433 e. The molecule has 0 bridgehead atoms. The maximum atomic E-state index is 13.4. The van der Waals surface area contributed by atoms with Gasteiger partial charge in [0.2, 0.25) is 11.8 Å². The van der Waals surface area contributed by atoms with Crippen LogP contribution in [0.15, 0.2) is 30.3 Å². The van der Waals surface area contributed by atoms with Gasteiger partial charge in [0.1, 0.15) is 11.6 Å². The molecule has 8 nitrogen and oxygen atoms in total. The number of nitrogens with zero attached hydrogens (tertiary/aromatic N) is 4. The van der Waals surface area contributed by atoms with Crippen LogP contribution < -0.4 is 9.64 Å². The molecule has 0 aliphatic carbocycles. The number of anilines is 1. The van der Waals surface area contributed by atoms with Gasteiger partial charge in [0.05, 0.1) is 12.1 Å². The fourth-order valence-electron chi connectivity index (χ4n) is 3.57. The number of carboxylic acid groups (broad SMARTS) is 1. The fraction of sp³-hybridized carbons (Fsp3) is 0.500. The number of hydrogen-bond donors (Lipinski definition) is 2. The van der Waals surface area contributed by atoms with Crippen LogP contribution in [0.5, 0.6) is 11.6 Å². The van der Waals surface area contributed by atoms with Gasteiger partial charge in [0.25, 0.3) is 0 Å². The van der Waals surface area contributed by atoms with Crippen LogP contribution in [0.3, 0.4) is 0 Å². The zero-order valence-corrected chi connectivity index (χ0v) is 18.9. The van der Waals surface area contributed by atoms with Crippen LogP contribution in [0.2, 0.25) is 0 Å². The summed E-state index contributed by atoms with van der Waals surface area (Å²) in [6.07, 6.45) is -5.77. The number of rotatable bonds is 5. The number of alkyl halides is 3. The molecule has 1 saturated heterocycles. The Kier molecular flexibility index (Phi) is 6.92. The molecule has 1 aliphatic rings. The van der Waals surface area contributed by atoms with Gasteiger partial charge in [0, 0.05) is 30.8 Å². The standard InChI is InChI=1S/C22H26F4N4O4/c1-20(2,3)30(19(31)32)13-21(33)7-9-29(10-8-21)18-27-16(22(24,25)26)12-17(28-18)34-15-6-4-5-14(23)11-15/h4-6,11-12,33H,7-10,13H2,1-3H3,(H,31,32). The lowest BCUT2D eigenvalue weighted by atomic mass is 9.89. The van der Waals surface area contributed by atoms with Crippen molar-refractivity contribution in [3.05, 3.63) is 41.8 Å². The summed E-state index contributed by atoms with van der Waals surface area (Å²) in [5.41, 5.74) is -3.33. The molecule has 1 fully saturated rings. The predicted octanol–water partition coefficient (Wildman–Crippen LogP) is 4.54. The lowest BCUT2D eigenvalue weighted by Gasteiger charge is -2.43. The topological polar surface area (TPSA) is 99.0 Å². The molecule has 12 heteroatoms. The van der Waals surface area contributed by atoms with Gasteiger partial charge in [-0.1, -0.05) is 6.07 Å². The van der Waals surface area contributed by atoms with E-state index in [-0.39, 0.29) is 44.2 Å². The van der Waals surface area contributed by atoms with Crippen molar-refractivity contribution in [3.63, 3.8) is 0 Å². The Morgan fingerprint density at radius 3 is 2.35 bits per heavy atom. The summed E-state index contributed by atoms with van der Waals surface area (Å²) in [5.74, 6) is -1.31. The number of carbonyl (C=O) groups is 1. The molecule has 1 aromatic carbocycles. The Labute approximate surface area is 193 Å². The SMILES string of the molecule is CC(C)(C)N(CC1(O)CCN(c2nc(Oc3cccc(F)c3)cc(C(F)(F)F)n2)CC1)C(=O)O. The van der Waals surface area contributed by atoms with Crippen LogP contribution in [0.25, 0.3) is 0 Å². The summed E-state index contributed by atoms with van der Waals surface area (Å²) < 4.78 is 59.1. The van der Waals surface area contributed by atoms with Gasteiger partial charge in [-0.3, -0.25) is 0 Å². The number of aliphatic hydroxyl groups is 1. The van der Waals surface area contributed by atoms with Gasteiger partial charge in [-0.25, -0.2) is 14.2 Å². The summed E-state index contributed by atoms with van der Waals surface area (Å²) in [6.45, 7) is 5.16. The normalized spacial score (nSPS) is 16.3. The molecule has 3 rings (SSSR count). The largest absolute Gasteiger partial charge is 0.465 e. The number of halogens is 4. The molecule has 0 unspecified atom stereocenters. The van der Waals surface area contributed by atoms with Crippen molar-refractivity contribution >= 4 is 12.0 Å². The van der Waals surface area contributed by atoms with Gasteiger partial charge in [-0.15, -0.1) is 0 Å². The van der Waals surface area contributed by atoms with E-state index in [9.17, 15) is 32.6 Å². The van der Waals surface area contributed by atoms with E-state index in [1.54, 1.807) is 20.8 Å². The van der Waals surface area contributed by atoms with Crippen molar-refractivity contribution in [1.82, 2.24) is 14.9 Å². The van der Waals surface area contributed by atoms with Crippen molar-refractivity contribution in [3.8, 4) is 11.6 Å². The van der Waals surface area contributed by atoms with E-state index in [0.717, 1.165) is 11.0 Å². The van der Waals surface area contributed by atoms with E-state index in [4.69, 9.17) is 4.74 Å². The van der Waals surface area contributed by atoms with Crippen molar-refractivity contribution < 1.29 is 37.3 Å². The molecule has 2 heterocycles. The van der Waals surface area contributed by atoms with Crippen LogP contribution in [0, 0.1) is 5.82 Å². The highest BCUT2D eigenvalue weighted by Crippen LogP contribution is 2.34. The Morgan fingerprint density at radius 2 is 1.82 bits per heavy atom. The molecule has 1 aliphatic heterocycles. The molecule has 0 radical (unpaired) electrons. The second-order valence-electron chi connectivity index (χ2n) is 9.20. The summed E-state index contributed by atoms with van der Waals surface area (Å²) in [5, 5.41) is 20.5. The van der Waals surface area contributed by atoms with E-state index < -0.39 is 40.8 Å². The lowest BCUT2D eigenvalue weighted by Crippen LogP contribution is -2.56. The first-order chi connectivity index (χ1) is 15.7. The van der Waals surface area contributed by atoms with E-state index in [1.165, 1.54) is 23.1 Å². The van der Waals surface area contributed by atoms with Crippen molar-refractivity contribution in [2.45, 2.75) is 50.9 Å². The number of β-amino-alcohol motifs (C(OH)–C–C–N with tert-alkyl or cyclic N) is 1. The molecule has 1 aromatic heterocycles. The molecular formula is C22H26F4N4O4. The first-order valence-electron chi connectivity index (χ1n) is 10.5. The third-order valence-corrected chi connectivity index (χ3v) is 5.47. The van der Waals surface area contributed by atoms with Crippen molar-refractivity contribution in [2.24, 2.45) is 0 Å². The van der Waals surface area contributed by atoms with Gasteiger partial charge in [-0.2, -0.15) is 18.2 Å². The zero-order valence-electron chi connectivity index (χ0n) is 18.9. The third kappa shape index (κ3) is 6.25. The quantitative estimate of drug-likeness (QED) is 0.599. The minimum atomic E-state index is -4.77. The van der Waals surface area contributed by atoms with Gasteiger partial charge in [0.15, 0.2) is 5.69 Å². The van der Waals surface area contributed by atoms with E-state index in [2.05, 4.69) is 9.97 Å². The van der Waals surface area contributed by atoms with E-state index in [0.29, 0.717) is 6.07 Å². The number of benzene rings is 1. The molecule has 1 amide bonds. The second kappa shape index (κ2) is 9.24. The van der Waals surface area contributed by atoms with Gasteiger partial charge in [-0.05, 0) is 45.7 Å². The molecule has 2 aromatic rings. The Morgan fingerprint density at radius 1 is 1.18 bits per heavy atom. The van der Waals surface area contributed by atoms with Crippen LogP contribution >= 0.6 is 0 Å². The summed E-state index contributed by atoms with van der Waals surface area (Å²) in [4.78, 5) is 21.9. The minimum absolute atomic E-state index is 0.0262. The van der Waals surface area contributed by atoms with Crippen molar-refractivity contribution in [1.29, 1.82) is 0 Å². The summed E-state index contributed by atoms with van der Waals surface area (Å²) in [6, 6.07) is 5.53. The average molecular weight is 486 g/mol.